The third-order valence-corrected chi connectivity index (χ3v) is 5.40. The van der Waals surface area contributed by atoms with Crippen molar-refractivity contribution < 1.29 is 10.2 Å². The molecule has 0 fully saturated rings. The smallest absolute Gasteiger partial charge is 0.124 e. The molecule has 0 spiro atoms. The minimum atomic E-state index is -0.0871. The summed E-state index contributed by atoms with van der Waals surface area (Å²) in [5.74, 6) is 0.153. The summed E-state index contributed by atoms with van der Waals surface area (Å²) in [5, 5.41) is 23.1. The minimum absolute atomic E-state index is 0.0611. The number of aromatic hydroxyl groups is 2. The fourth-order valence-electron chi connectivity index (χ4n) is 3.71. The molecule has 3 aromatic carbocycles. The van der Waals surface area contributed by atoms with Crippen molar-refractivity contribution in [2.75, 3.05) is 11.1 Å². The fraction of sp³-hybridized carbons (Fsp3) is 0.280. The van der Waals surface area contributed by atoms with Gasteiger partial charge in [0.05, 0.1) is 6.04 Å². The van der Waals surface area contributed by atoms with Crippen molar-refractivity contribution in [3.05, 3.63) is 82.4 Å². The van der Waals surface area contributed by atoms with Gasteiger partial charge in [-0.25, -0.2) is 0 Å². The van der Waals surface area contributed by atoms with E-state index in [2.05, 4.69) is 49.5 Å². The first-order valence-corrected chi connectivity index (χ1v) is 10.2. The molecule has 0 saturated carbocycles. The zero-order valence-corrected chi connectivity index (χ0v) is 17.4. The zero-order valence-electron chi connectivity index (χ0n) is 17.4. The quantitative estimate of drug-likeness (QED) is 0.398. The number of nitrogens with one attached hydrogen (secondary N) is 1. The Bertz CT molecular complexity index is 998. The second-order valence-electron chi connectivity index (χ2n) is 7.52. The molecule has 3 aromatic rings. The minimum Gasteiger partial charge on any atom is -0.508 e. The second-order valence-corrected chi connectivity index (χ2v) is 7.52. The van der Waals surface area contributed by atoms with Crippen LogP contribution < -0.4 is 11.1 Å². The molecule has 4 nitrogen and oxygen atoms in total. The summed E-state index contributed by atoms with van der Waals surface area (Å²) in [6.07, 6.45) is 2.71. The standard InChI is InChI=1S/C25H30N2O2/c1-4-19-13-17(6-10-23(19)26)12-18-7-11-24(20(5-2)14-18)27-16(3)22-9-8-21(28)15-25(22)29/h6-11,13-16,27-29H,4-5,12,26H2,1-3H3. The van der Waals surface area contributed by atoms with E-state index in [1.165, 1.54) is 28.3 Å². The summed E-state index contributed by atoms with van der Waals surface area (Å²) in [6.45, 7) is 6.27. The highest BCUT2D eigenvalue weighted by Gasteiger charge is 2.13. The first-order valence-electron chi connectivity index (χ1n) is 10.2. The molecule has 0 heterocycles. The van der Waals surface area contributed by atoms with Crippen LogP contribution in [0.4, 0.5) is 11.4 Å². The second kappa shape index (κ2) is 8.91. The van der Waals surface area contributed by atoms with E-state index < -0.39 is 0 Å². The Labute approximate surface area is 173 Å². The topological polar surface area (TPSA) is 78.5 Å². The van der Waals surface area contributed by atoms with Crippen LogP contribution in [0, 0.1) is 0 Å². The van der Waals surface area contributed by atoms with Crippen LogP contribution in [-0.2, 0) is 19.3 Å². The van der Waals surface area contributed by atoms with Gasteiger partial charge in [-0.1, -0.05) is 38.1 Å². The van der Waals surface area contributed by atoms with Gasteiger partial charge in [-0.3, -0.25) is 0 Å². The number of phenols is 2. The number of hydrogen-bond donors (Lipinski definition) is 4. The van der Waals surface area contributed by atoms with Gasteiger partial charge in [-0.15, -0.1) is 0 Å². The predicted octanol–water partition coefficient (Wildman–Crippen LogP) is 5.57. The first-order chi connectivity index (χ1) is 13.9. The Morgan fingerprint density at radius 1 is 0.862 bits per heavy atom. The molecule has 152 valence electrons. The van der Waals surface area contributed by atoms with Crippen molar-refractivity contribution in [2.24, 2.45) is 0 Å². The van der Waals surface area contributed by atoms with Crippen LogP contribution in [0.1, 0.15) is 54.6 Å². The number of hydrogen-bond acceptors (Lipinski definition) is 4. The summed E-state index contributed by atoms with van der Waals surface area (Å²) >= 11 is 0. The molecule has 0 saturated heterocycles. The van der Waals surface area contributed by atoms with E-state index in [-0.39, 0.29) is 17.5 Å². The normalized spacial score (nSPS) is 12.0. The molecule has 3 rings (SSSR count). The Kier molecular flexibility index (Phi) is 6.32. The lowest BCUT2D eigenvalue weighted by atomic mass is 9.97. The van der Waals surface area contributed by atoms with E-state index in [0.29, 0.717) is 0 Å². The Morgan fingerprint density at radius 2 is 1.52 bits per heavy atom. The Morgan fingerprint density at radius 3 is 2.17 bits per heavy atom. The lowest BCUT2D eigenvalue weighted by molar-refractivity contribution is 0.444. The van der Waals surface area contributed by atoms with Crippen LogP contribution in [0.25, 0.3) is 0 Å². The number of nitrogen functional groups attached to an aromatic ring is 1. The molecule has 1 atom stereocenters. The van der Waals surface area contributed by atoms with Gasteiger partial charge in [-0.2, -0.15) is 0 Å². The SMILES string of the molecule is CCc1cc(Cc2ccc(NC(C)c3ccc(O)cc3O)c(CC)c2)ccc1N. The third-order valence-electron chi connectivity index (χ3n) is 5.40. The molecule has 0 aliphatic carbocycles. The van der Waals surface area contributed by atoms with Crippen molar-refractivity contribution in [2.45, 2.75) is 46.1 Å². The van der Waals surface area contributed by atoms with E-state index in [1.807, 2.05) is 13.0 Å². The molecule has 0 aliphatic heterocycles. The average molecular weight is 391 g/mol. The fourth-order valence-corrected chi connectivity index (χ4v) is 3.71. The van der Waals surface area contributed by atoms with Crippen LogP contribution in [-0.4, -0.2) is 10.2 Å². The molecular weight excluding hydrogens is 360 g/mol. The van der Waals surface area contributed by atoms with E-state index in [1.54, 1.807) is 12.1 Å². The molecule has 0 aliphatic rings. The molecule has 0 radical (unpaired) electrons. The van der Waals surface area contributed by atoms with Gasteiger partial charge in [0.2, 0.25) is 0 Å². The highest BCUT2D eigenvalue weighted by molar-refractivity contribution is 5.56. The van der Waals surface area contributed by atoms with Crippen molar-refractivity contribution in [3.8, 4) is 11.5 Å². The molecule has 0 bridgehead atoms. The third kappa shape index (κ3) is 4.83. The maximum Gasteiger partial charge on any atom is 0.124 e. The van der Waals surface area contributed by atoms with Crippen LogP contribution >= 0.6 is 0 Å². The van der Waals surface area contributed by atoms with E-state index >= 15 is 0 Å². The number of anilines is 2. The van der Waals surface area contributed by atoms with Crippen LogP contribution in [0.15, 0.2) is 54.6 Å². The van der Waals surface area contributed by atoms with Crippen molar-refractivity contribution >= 4 is 11.4 Å². The van der Waals surface area contributed by atoms with E-state index in [4.69, 9.17) is 5.73 Å². The van der Waals surface area contributed by atoms with Crippen molar-refractivity contribution in [1.29, 1.82) is 0 Å². The number of aryl methyl sites for hydroxylation is 2. The molecule has 0 amide bonds. The van der Waals surface area contributed by atoms with Gasteiger partial charge in [-0.05, 0) is 72.7 Å². The molecule has 5 N–H and O–H groups in total. The van der Waals surface area contributed by atoms with E-state index in [9.17, 15) is 10.2 Å². The van der Waals surface area contributed by atoms with Gasteiger partial charge < -0.3 is 21.3 Å². The Balaban J connectivity index is 1.79. The van der Waals surface area contributed by atoms with Crippen molar-refractivity contribution in [3.63, 3.8) is 0 Å². The highest BCUT2D eigenvalue weighted by atomic mass is 16.3. The molecule has 29 heavy (non-hydrogen) atoms. The lowest BCUT2D eigenvalue weighted by Gasteiger charge is -2.20. The van der Waals surface area contributed by atoms with Gasteiger partial charge >= 0.3 is 0 Å². The first kappa shape index (κ1) is 20.6. The average Bonchev–Trinajstić information content (AvgIpc) is 2.70. The zero-order chi connectivity index (χ0) is 21.0. The van der Waals surface area contributed by atoms with Crippen molar-refractivity contribution in [1.82, 2.24) is 0 Å². The highest BCUT2D eigenvalue weighted by Crippen LogP contribution is 2.31. The van der Waals surface area contributed by atoms with Gasteiger partial charge in [0.25, 0.3) is 0 Å². The number of benzene rings is 3. The molecule has 0 aromatic heterocycles. The number of rotatable bonds is 7. The summed E-state index contributed by atoms with van der Waals surface area (Å²) in [5.41, 5.74) is 13.7. The number of phenolic OH excluding ortho intramolecular Hbond substituents is 2. The molecule has 4 heteroatoms. The number of nitrogens with two attached hydrogens (primary N) is 1. The van der Waals surface area contributed by atoms with Crippen LogP contribution in [0.3, 0.4) is 0 Å². The van der Waals surface area contributed by atoms with Gasteiger partial charge in [0, 0.05) is 23.0 Å². The largest absolute Gasteiger partial charge is 0.508 e. The van der Waals surface area contributed by atoms with Crippen LogP contribution in [0.5, 0.6) is 11.5 Å². The summed E-state index contributed by atoms with van der Waals surface area (Å²) in [4.78, 5) is 0. The monoisotopic (exact) mass is 390 g/mol. The van der Waals surface area contributed by atoms with Crippen LogP contribution in [0.2, 0.25) is 0 Å². The summed E-state index contributed by atoms with van der Waals surface area (Å²) < 4.78 is 0. The lowest BCUT2D eigenvalue weighted by Crippen LogP contribution is -2.09. The predicted molar refractivity (Wildman–Crippen MR) is 121 cm³/mol. The van der Waals surface area contributed by atoms with Gasteiger partial charge in [0.15, 0.2) is 0 Å². The van der Waals surface area contributed by atoms with Gasteiger partial charge in [0.1, 0.15) is 11.5 Å². The molecular formula is C25H30N2O2. The maximum atomic E-state index is 10.1. The Hall–Kier alpha value is -3.14. The summed E-state index contributed by atoms with van der Waals surface area (Å²) in [6, 6.07) is 17.4. The van der Waals surface area contributed by atoms with E-state index in [0.717, 1.165) is 36.2 Å². The summed E-state index contributed by atoms with van der Waals surface area (Å²) in [7, 11) is 0. The molecule has 1 unspecified atom stereocenters. The maximum absolute atomic E-state index is 10.1.